The molecule has 2 atom stereocenters. The summed E-state index contributed by atoms with van der Waals surface area (Å²) in [5.41, 5.74) is 0.707. The molecule has 1 aliphatic rings. The number of anilines is 1. The van der Waals surface area contributed by atoms with E-state index in [0.717, 1.165) is 6.42 Å². The number of rotatable bonds is 2. The van der Waals surface area contributed by atoms with Gasteiger partial charge in [0.2, 0.25) is 5.91 Å². The number of amides is 1. The maximum Gasteiger partial charge on any atom is 0.246 e. The van der Waals surface area contributed by atoms with Gasteiger partial charge in [-0.05, 0) is 32.0 Å². The number of nitrogens with one attached hydrogen (secondary N) is 1. The highest BCUT2D eigenvalue weighted by molar-refractivity contribution is 6.33. The first kappa shape index (κ1) is 13.3. The molecule has 0 bridgehead atoms. The maximum absolute atomic E-state index is 12.4. The summed E-state index contributed by atoms with van der Waals surface area (Å²) in [5.74, 6) is -0.129. The van der Waals surface area contributed by atoms with Gasteiger partial charge in [0.25, 0.3) is 0 Å². The van der Waals surface area contributed by atoms with Gasteiger partial charge in [0.1, 0.15) is 6.04 Å². The van der Waals surface area contributed by atoms with E-state index in [1.807, 2.05) is 25.1 Å². The molecule has 1 saturated heterocycles. The maximum atomic E-state index is 12.4. The Hall–Kier alpha value is -1.10. The molecule has 5 heteroatoms. The predicted molar refractivity (Wildman–Crippen MR) is 71.9 cm³/mol. The molecular weight excluding hydrogens is 252 g/mol. The highest BCUT2D eigenvalue weighted by atomic mass is 35.5. The quantitative estimate of drug-likeness (QED) is 0.853. The van der Waals surface area contributed by atoms with Gasteiger partial charge in [-0.1, -0.05) is 23.7 Å². The summed E-state index contributed by atoms with van der Waals surface area (Å²) in [6, 6.07) is 6.79. The highest BCUT2D eigenvalue weighted by Gasteiger charge is 2.32. The van der Waals surface area contributed by atoms with Crippen LogP contribution in [-0.4, -0.2) is 36.2 Å². The number of aliphatic hydroxyl groups excluding tert-OH is 1. The van der Waals surface area contributed by atoms with Crippen molar-refractivity contribution in [2.45, 2.75) is 25.4 Å². The monoisotopic (exact) mass is 268 g/mol. The topological polar surface area (TPSA) is 52.6 Å². The summed E-state index contributed by atoms with van der Waals surface area (Å²) in [6.07, 6.45) is 0.827. The second-order valence-electron chi connectivity index (χ2n) is 4.49. The molecule has 4 nitrogen and oxygen atoms in total. The molecule has 0 saturated carbocycles. The molecule has 0 radical (unpaired) electrons. The predicted octanol–water partition coefficient (Wildman–Crippen LogP) is 1.42. The number of carbonyl (C=O) groups excluding carboxylic acids is 1. The fraction of sp³-hybridized carbons (Fsp3) is 0.462. The number of hydrogen-bond acceptors (Lipinski definition) is 3. The number of benzene rings is 1. The highest BCUT2D eigenvalue weighted by Crippen LogP contribution is 2.29. The first-order valence-electron chi connectivity index (χ1n) is 6.07. The van der Waals surface area contributed by atoms with Gasteiger partial charge in [-0.2, -0.15) is 0 Å². The molecule has 2 rings (SSSR count). The second kappa shape index (κ2) is 5.69. The van der Waals surface area contributed by atoms with Gasteiger partial charge in [0, 0.05) is 6.04 Å². The van der Waals surface area contributed by atoms with Crippen molar-refractivity contribution in [1.82, 2.24) is 5.32 Å². The Kier molecular flexibility index (Phi) is 4.22. The van der Waals surface area contributed by atoms with Crippen LogP contribution in [-0.2, 0) is 4.79 Å². The summed E-state index contributed by atoms with van der Waals surface area (Å²) in [7, 11) is 0. The molecule has 0 aliphatic carbocycles. The van der Waals surface area contributed by atoms with E-state index in [0.29, 0.717) is 17.3 Å². The lowest BCUT2D eigenvalue weighted by Crippen LogP contribution is -2.48. The molecule has 2 N–H and O–H groups in total. The summed E-state index contributed by atoms with van der Waals surface area (Å²) in [6.45, 7) is 2.49. The minimum absolute atomic E-state index is 0.0569. The van der Waals surface area contributed by atoms with Crippen LogP contribution in [0.1, 0.15) is 13.3 Å². The SMILES string of the molecule is CC1CCNC(CO)C(=O)N1c1ccccc1Cl. The van der Waals surface area contributed by atoms with Crippen LogP contribution >= 0.6 is 11.6 Å². The Morgan fingerprint density at radius 2 is 2.22 bits per heavy atom. The lowest BCUT2D eigenvalue weighted by atomic mass is 10.1. The molecule has 98 valence electrons. The molecule has 1 heterocycles. The van der Waals surface area contributed by atoms with E-state index in [2.05, 4.69) is 5.32 Å². The zero-order valence-electron chi connectivity index (χ0n) is 10.3. The van der Waals surface area contributed by atoms with Crippen LogP contribution in [0.5, 0.6) is 0 Å². The van der Waals surface area contributed by atoms with Crippen molar-refractivity contribution >= 4 is 23.2 Å². The molecule has 1 aromatic rings. The van der Waals surface area contributed by atoms with Gasteiger partial charge in [0.15, 0.2) is 0 Å². The number of nitrogens with zero attached hydrogens (tertiary/aromatic N) is 1. The van der Waals surface area contributed by atoms with Crippen LogP contribution in [0.25, 0.3) is 0 Å². The number of aliphatic hydroxyl groups is 1. The van der Waals surface area contributed by atoms with Gasteiger partial charge in [-0.15, -0.1) is 0 Å². The molecular formula is C13H17ClN2O2. The summed E-state index contributed by atoms with van der Waals surface area (Å²) in [4.78, 5) is 14.1. The fourth-order valence-electron chi connectivity index (χ4n) is 2.21. The van der Waals surface area contributed by atoms with E-state index in [4.69, 9.17) is 11.6 Å². The zero-order valence-corrected chi connectivity index (χ0v) is 11.0. The third-order valence-corrected chi connectivity index (χ3v) is 3.54. The number of halogens is 1. The van der Waals surface area contributed by atoms with Crippen molar-refractivity contribution in [3.05, 3.63) is 29.3 Å². The first-order valence-corrected chi connectivity index (χ1v) is 6.44. The van der Waals surface area contributed by atoms with Crippen LogP contribution in [0.15, 0.2) is 24.3 Å². The van der Waals surface area contributed by atoms with Crippen molar-refractivity contribution in [2.75, 3.05) is 18.1 Å². The smallest absolute Gasteiger partial charge is 0.246 e. The molecule has 2 unspecified atom stereocenters. The molecule has 1 aromatic carbocycles. The lowest BCUT2D eigenvalue weighted by molar-refractivity contribution is -0.121. The second-order valence-corrected chi connectivity index (χ2v) is 4.89. The third kappa shape index (κ3) is 2.51. The van der Waals surface area contributed by atoms with Crippen LogP contribution in [0, 0.1) is 0 Å². The van der Waals surface area contributed by atoms with E-state index in [-0.39, 0.29) is 18.6 Å². The van der Waals surface area contributed by atoms with Gasteiger partial charge in [0.05, 0.1) is 17.3 Å². The molecule has 0 aromatic heterocycles. The van der Waals surface area contributed by atoms with Crippen molar-refractivity contribution in [1.29, 1.82) is 0 Å². The van der Waals surface area contributed by atoms with Gasteiger partial charge < -0.3 is 15.3 Å². The largest absolute Gasteiger partial charge is 0.394 e. The van der Waals surface area contributed by atoms with Crippen LogP contribution in [0.4, 0.5) is 5.69 Å². The van der Waals surface area contributed by atoms with Gasteiger partial charge in [-0.3, -0.25) is 4.79 Å². The third-order valence-electron chi connectivity index (χ3n) is 3.22. The Bertz CT molecular complexity index is 439. The molecule has 18 heavy (non-hydrogen) atoms. The molecule has 1 fully saturated rings. The lowest BCUT2D eigenvalue weighted by Gasteiger charge is -2.29. The van der Waals surface area contributed by atoms with E-state index >= 15 is 0 Å². The molecule has 1 aliphatic heterocycles. The van der Waals surface area contributed by atoms with Crippen molar-refractivity contribution < 1.29 is 9.90 Å². The Labute approximate surface area is 112 Å². The van der Waals surface area contributed by atoms with E-state index in [1.165, 1.54) is 0 Å². The Morgan fingerprint density at radius 1 is 1.50 bits per heavy atom. The van der Waals surface area contributed by atoms with Crippen LogP contribution in [0.2, 0.25) is 5.02 Å². The summed E-state index contributed by atoms with van der Waals surface area (Å²) >= 11 is 6.16. The average molecular weight is 269 g/mol. The molecule has 0 spiro atoms. The number of carbonyl (C=O) groups is 1. The normalized spacial score (nSPS) is 25.1. The fourth-order valence-corrected chi connectivity index (χ4v) is 2.44. The average Bonchev–Trinajstić information content (AvgIpc) is 2.50. The van der Waals surface area contributed by atoms with Crippen LogP contribution in [0.3, 0.4) is 0 Å². The van der Waals surface area contributed by atoms with Gasteiger partial charge >= 0.3 is 0 Å². The van der Waals surface area contributed by atoms with Crippen molar-refractivity contribution in [3.63, 3.8) is 0 Å². The van der Waals surface area contributed by atoms with Crippen LogP contribution < -0.4 is 10.2 Å². The Morgan fingerprint density at radius 3 is 2.89 bits per heavy atom. The van der Waals surface area contributed by atoms with Crippen molar-refractivity contribution in [2.24, 2.45) is 0 Å². The zero-order chi connectivity index (χ0) is 13.1. The van der Waals surface area contributed by atoms with E-state index in [9.17, 15) is 9.90 Å². The standard InChI is InChI=1S/C13H17ClN2O2/c1-9-6-7-15-11(8-17)13(18)16(9)12-5-3-2-4-10(12)14/h2-5,9,11,15,17H,6-8H2,1H3. The summed E-state index contributed by atoms with van der Waals surface area (Å²) < 4.78 is 0. The van der Waals surface area contributed by atoms with E-state index in [1.54, 1.807) is 11.0 Å². The minimum Gasteiger partial charge on any atom is -0.394 e. The molecule has 1 amide bonds. The summed E-state index contributed by atoms with van der Waals surface area (Å²) in [5, 5.41) is 12.9. The number of para-hydroxylation sites is 1. The first-order chi connectivity index (χ1) is 8.65. The minimum atomic E-state index is -0.550. The number of hydrogen-bond donors (Lipinski definition) is 2. The Balaban J connectivity index is 2.38. The van der Waals surface area contributed by atoms with E-state index < -0.39 is 6.04 Å². The van der Waals surface area contributed by atoms with Crippen molar-refractivity contribution in [3.8, 4) is 0 Å². The van der Waals surface area contributed by atoms with Gasteiger partial charge in [-0.25, -0.2) is 0 Å².